The molecule has 0 aliphatic heterocycles. The molecule has 10 N–H and O–H groups in total. The molecule has 254 valence electrons. The van der Waals surface area contributed by atoms with E-state index in [-0.39, 0.29) is 31.1 Å². The molecule has 6 amide bonds. The van der Waals surface area contributed by atoms with Gasteiger partial charge in [0.25, 0.3) is 0 Å². The van der Waals surface area contributed by atoms with Crippen LogP contribution < -0.4 is 37.6 Å². The average Bonchev–Trinajstić information content (AvgIpc) is 3.04. The number of rotatable bonds is 18. The summed E-state index contributed by atoms with van der Waals surface area (Å²) in [5, 5.41) is 33.2. The lowest BCUT2D eigenvalue weighted by atomic mass is 10.0. The summed E-state index contributed by atoms with van der Waals surface area (Å²) in [5.41, 5.74) is 6.43. The zero-order valence-electron chi connectivity index (χ0n) is 26.1. The van der Waals surface area contributed by atoms with E-state index in [2.05, 4.69) is 31.9 Å². The molecule has 0 bridgehead atoms. The minimum atomic E-state index is -1.29. The quantitative estimate of drug-likeness (QED) is 0.0828. The average molecular weight is 656 g/mol. The summed E-state index contributed by atoms with van der Waals surface area (Å²) in [6, 6.07) is 11.1. The SMILES string of the molecule is CC(C)[C@H](NC(=O)CNC(=O)CN)C(=O)NCC(=O)N[C@@H](Cc1ccccc1)C(=O)N[C@@H](Cc1ccc(O)cc1)C(=O)NCC(=O)O. The maximum Gasteiger partial charge on any atom is 0.322 e. The Morgan fingerprint density at radius 2 is 1.17 bits per heavy atom. The van der Waals surface area contributed by atoms with E-state index in [9.17, 15) is 38.7 Å². The summed E-state index contributed by atoms with van der Waals surface area (Å²) in [5.74, 6) is -5.84. The van der Waals surface area contributed by atoms with Gasteiger partial charge in [-0.05, 0) is 29.2 Å². The van der Waals surface area contributed by atoms with E-state index in [1.165, 1.54) is 24.3 Å². The molecule has 0 aliphatic rings. The molecule has 0 fully saturated rings. The van der Waals surface area contributed by atoms with Crippen LogP contribution in [0.5, 0.6) is 5.75 Å². The third kappa shape index (κ3) is 14.0. The number of aromatic hydroxyl groups is 1. The van der Waals surface area contributed by atoms with Crippen LogP contribution in [0.2, 0.25) is 0 Å². The minimum Gasteiger partial charge on any atom is -0.508 e. The number of phenols is 1. The monoisotopic (exact) mass is 655 g/mol. The van der Waals surface area contributed by atoms with Crippen molar-refractivity contribution in [1.29, 1.82) is 0 Å². The van der Waals surface area contributed by atoms with Crippen molar-refractivity contribution < 1.29 is 43.8 Å². The third-order valence-electron chi connectivity index (χ3n) is 6.68. The highest BCUT2D eigenvalue weighted by Gasteiger charge is 2.29. The fourth-order valence-electron chi connectivity index (χ4n) is 4.23. The summed E-state index contributed by atoms with van der Waals surface area (Å²) >= 11 is 0. The Morgan fingerprint density at radius 3 is 1.74 bits per heavy atom. The molecule has 16 nitrogen and oxygen atoms in total. The van der Waals surface area contributed by atoms with Gasteiger partial charge in [0.1, 0.15) is 30.4 Å². The third-order valence-corrected chi connectivity index (χ3v) is 6.68. The maximum absolute atomic E-state index is 13.5. The van der Waals surface area contributed by atoms with E-state index in [0.717, 1.165) is 0 Å². The Morgan fingerprint density at radius 1 is 0.638 bits per heavy atom. The van der Waals surface area contributed by atoms with Gasteiger partial charge in [-0.2, -0.15) is 0 Å². The van der Waals surface area contributed by atoms with Crippen LogP contribution in [0.3, 0.4) is 0 Å². The Bertz CT molecular complexity index is 1400. The van der Waals surface area contributed by atoms with Crippen molar-refractivity contribution in [2.45, 2.75) is 44.8 Å². The highest BCUT2D eigenvalue weighted by molar-refractivity contribution is 5.95. The molecule has 0 spiro atoms. The number of carboxylic acid groups (broad SMARTS) is 1. The molecule has 0 aliphatic carbocycles. The number of phenolic OH excluding ortho intramolecular Hbond substituents is 1. The first kappa shape index (κ1) is 37.7. The molecule has 3 atom stereocenters. The van der Waals surface area contributed by atoms with Crippen molar-refractivity contribution in [3.8, 4) is 5.75 Å². The van der Waals surface area contributed by atoms with Crippen LogP contribution in [0.1, 0.15) is 25.0 Å². The number of benzene rings is 2. The van der Waals surface area contributed by atoms with Crippen molar-refractivity contribution in [3.05, 3.63) is 65.7 Å². The van der Waals surface area contributed by atoms with Gasteiger partial charge in [0.2, 0.25) is 35.4 Å². The van der Waals surface area contributed by atoms with E-state index in [1.54, 1.807) is 44.2 Å². The fourth-order valence-corrected chi connectivity index (χ4v) is 4.23. The maximum atomic E-state index is 13.5. The normalized spacial score (nSPS) is 12.5. The summed E-state index contributed by atoms with van der Waals surface area (Å²) in [6.07, 6.45) is -0.0496. The second-order valence-corrected chi connectivity index (χ2v) is 10.8. The van der Waals surface area contributed by atoms with Gasteiger partial charge in [0, 0.05) is 12.8 Å². The first-order valence-electron chi connectivity index (χ1n) is 14.7. The lowest BCUT2D eigenvalue weighted by molar-refractivity contribution is -0.138. The Labute approximate surface area is 271 Å². The lowest BCUT2D eigenvalue weighted by Gasteiger charge is -2.24. The molecule has 0 saturated heterocycles. The second-order valence-electron chi connectivity index (χ2n) is 10.8. The molecule has 0 radical (unpaired) electrons. The van der Waals surface area contributed by atoms with Gasteiger partial charge in [0.05, 0.1) is 19.6 Å². The summed E-state index contributed by atoms with van der Waals surface area (Å²) in [7, 11) is 0. The molecule has 0 unspecified atom stereocenters. The first-order chi connectivity index (χ1) is 22.3. The number of carbonyl (C=O) groups excluding carboxylic acids is 6. The number of amides is 6. The van der Waals surface area contributed by atoms with Crippen LogP contribution in [-0.2, 0) is 46.4 Å². The molecule has 2 aromatic carbocycles. The van der Waals surface area contributed by atoms with E-state index >= 15 is 0 Å². The highest BCUT2D eigenvalue weighted by Crippen LogP contribution is 2.12. The van der Waals surface area contributed by atoms with Gasteiger partial charge in [0.15, 0.2) is 0 Å². The molecular weight excluding hydrogens is 614 g/mol. The minimum absolute atomic E-state index is 0.00817. The van der Waals surface area contributed by atoms with Crippen LogP contribution in [0.15, 0.2) is 54.6 Å². The first-order valence-corrected chi connectivity index (χ1v) is 14.7. The van der Waals surface area contributed by atoms with Crippen LogP contribution in [0.25, 0.3) is 0 Å². The van der Waals surface area contributed by atoms with Crippen molar-refractivity contribution in [2.75, 3.05) is 26.2 Å². The molecule has 0 saturated carbocycles. The number of aliphatic carboxylic acids is 1. The molecule has 0 heterocycles. The molecular formula is C31H41N7O9. The van der Waals surface area contributed by atoms with E-state index in [0.29, 0.717) is 11.1 Å². The number of nitrogens with two attached hydrogens (primary N) is 1. The number of hydrogen-bond donors (Lipinski definition) is 9. The van der Waals surface area contributed by atoms with Crippen molar-refractivity contribution in [2.24, 2.45) is 11.7 Å². The van der Waals surface area contributed by atoms with Crippen LogP contribution in [-0.4, -0.2) is 95.9 Å². The van der Waals surface area contributed by atoms with Crippen LogP contribution >= 0.6 is 0 Å². The van der Waals surface area contributed by atoms with Gasteiger partial charge in [-0.15, -0.1) is 0 Å². The van der Waals surface area contributed by atoms with Gasteiger partial charge >= 0.3 is 5.97 Å². The molecule has 2 rings (SSSR count). The summed E-state index contributed by atoms with van der Waals surface area (Å²) in [6.45, 7) is 1.39. The predicted molar refractivity (Wildman–Crippen MR) is 168 cm³/mol. The van der Waals surface area contributed by atoms with E-state index in [1.807, 2.05) is 0 Å². The molecule has 2 aromatic rings. The van der Waals surface area contributed by atoms with Crippen molar-refractivity contribution in [3.63, 3.8) is 0 Å². The van der Waals surface area contributed by atoms with Crippen LogP contribution in [0.4, 0.5) is 0 Å². The van der Waals surface area contributed by atoms with Gasteiger partial charge in [-0.3, -0.25) is 33.6 Å². The van der Waals surface area contributed by atoms with Crippen molar-refractivity contribution in [1.82, 2.24) is 31.9 Å². The van der Waals surface area contributed by atoms with E-state index < -0.39 is 79.2 Å². The predicted octanol–water partition coefficient (Wildman–Crippen LogP) is -2.32. The summed E-state index contributed by atoms with van der Waals surface area (Å²) in [4.78, 5) is 86.8. The number of hydrogen-bond acceptors (Lipinski definition) is 9. The smallest absolute Gasteiger partial charge is 0.322 e. The van der Waals surface area contributed by atoms with Gasteiger partial charge < -0.3 is 47.8 Å². The molecule has 0 aromatic heterocycles. The zero-order chi connectivity index (χ0) is 34.9. The Balaban J connectivity index is 2.15. The zero-order valence-corrected chi connectivity index (χ0v) is 26.1. The van der Waals surface area contributed by atoms with Gasteiger partial charge in [-0.25, -0.2) is 0 Å². The molecule has 16 heteroatoms. The molecule has 47 heavy (non-hydrogen) atoms. The fraction of sp³-hybridized carbons (Fsp3) is 0.387. The van der Waals surface area contributed by atoms with Crippen LogP contribution in [0, 0.1) is 5.92 Å². The Hall–Kier alpha value is -5.51. The summed E-state index contributed by atoms with van der Waals surface area (Å²) < 4.78 is 0. The van der Waals surface area contributed by atoms with E-state index in [4.69, 9.17) is 10.8 Å². The standard InChI is InChI=1S/C31H41N7O9/c1-18(2)28(38-26(42)15-33-24(40)14-32)31(47)34-16-25(41)36-23(12-19-6-4-3-5-7-19)30(46)37-22(29(45)35-17-27(43)44)13-20-8-10-21(39)11-9-20/h3-11,18,22-23,28,39H,12-17,32H2,1-2H3,(H,33,40)(H,34,47)(H,35,45)(H,36,41)(H,37,46)(H,38,42)(H,43,44)/t22-,23-,28-/m0/s1. The lowest BCUT2D eigenvalue weighted by Crippen LogP contribution is -2.57. The number of carboxylic acids is 1. The van der Waals surface area contributed by atoms with Crippen molar-refractivity contribution >= 4 is 41.4 Å². The topological polar surface area (TPSA) is 258 Å². The number of nitrogens with one attached hydrogen (secondary N) is 6. The number of carbonyl (C=O) groups is 7. The van der Waals surface area contributed by atoms with Gasteiger partial charge in [-0.1, -0.05) is 56.3 Å². The largest absolute Gasteiger partial charge is 0.508 e. The Kier molecular flexibility index (Phi) is 15.3. The highest BCUT2D eigenvalue weighted by atomic mass is 16.4. The second kappa shape index (κ2) is 19.1.